The molecule has 0 aliphatic carbocycles. The van der Waals surface area contributed by atoms with E-state index in [0.717, 1.165) is 18.7 Å². The summed E-state index contributed by atoms with van der Waals surface area (Å²) in [7, 11) is 0. The number of aryl methyl sites for hydroxylation is 2. The Bertz CT molecular complexity index is 1540. The number of benzene rings is 1. The molecule has 1 saturated heterocycles. The summed E-state index contributed by atoms with van der Waals surface area (Å²) in [5.74, 6) is 1.06. The van der Waals surface area contributed by atoms with Crippen LogP contribution < -0.4 is 5.32 Å². The van der Waals surface area contributed by atoms with Crippen molar-refractivity contribution in [1.82, 2.24) is 24.9 Å². The topological polar surface area (TPSA) is 58.0 Å². The number of nitrogens with one attached hydrogen (secondary N) is 2. The predicted molar refractivity (Wildman–Crippen MR) is 147 cm³/mol. The standard InChI is InChI=1S/C29H33N5S/c1-16(2)24-25-19(5)27(22-8-6-7-21(13-22)20-9-11-30-12-10-20)35-29(25)33-26(24)23-14-34-28(31-15-32-34)18(4)17(23)3/h6-8,13-16,20,30,33H,9-12H2,1-5H3. The number of fused-ring (bicyclic) bond motifs is 2. The third-order valence-electron chi connectivity index (χ3n) is 7.86. The number of rotatable bonds is 4. The van der Waals surface area contributed by atoms with Crippen LogP contribution in [-0.4, -0.2) is 32.7 Å². The number of aromatic nitrogens is 4. The van der Waals surface area contributed by atoms with E-state index in [1.54, 1.807) is 6.33 Å². The number of hydrogen-bond donors (Lipinski definition) is 2. The molecule has 2 N–H and O–H groups in total. The maximum Gasteiger partial charge on any atom is 0.158 e. The van der Waals surface area contributed by atoms with Crippen molar-refractivity contribution in [2.24, 2.45) is 0 Å². The molecule has 35 heavy (non-hydrogen) atoms. The van der Waals surface area contributed by atoms with Gasteiger partial charge in [0, 0.05) is 22.0 Å². The van der Waals surface area contributed by atoms with Gasteiger partial charge >= 0.3 is 0 Å². The van der Waals surface area contributed by atoms with E-state index >= 15 is 0 Å². The molecule has 0 amide bonds. The molecule has 4 aromatic heterocycles. The van der Waals surface area contributed by atoms with Gasteiger partial charge in [0.25, 0.3) is 0 Å². The van der Waals surface area contributed by atoms with Crippen LogP contribution in [0, 0.1) is 20.8 Å². The van der Waals surface area contributed by atoms with Gasteiger partial charge in [-0.05, 0) is 91.9 Å². The van der Waals surface area contributed by atoms with Crippen molar-refractivity contribution in [2.45, 2.75) is 59.3 Å². The van der Waals surface area contributed by atoms with Gasteiger partial charge in [0.05, 0.1) is 5.69 Å². The zero-order chi connectivity index (χ0) is 24.3. The zero-order valence-corrected chi connectivity index (χ0v) is 22.0. The summed E-state index contributed by atoms with van der Waals surface area (Å²) in [5.41, 5.74) is 11.4. The molecule has 0 radical (unpaired) electrons. The van der Waals surface area contributed by atoms with E-state index in [4.69, 9.17) is 0 Å². The molecule has 5 aromatic rings. The quantitative estimate of drug-likeness (QED) is 0.286. The third-order valence-corrected chi connectivity index (χ3v) is 9.11. The first-order valence-corrected chi connectivity index (χ1v) is 13.5. The van der Waals surface area contributed by atoms with Gasteiger partial charge in [0.2, 0.25) is 0 Å². The summed E-state index contributed by atoms with van der Waals surface area (Å²) in [5, 5.41) is 9.31. The summed E-state index contributed by atoms with van der Waals surface area (Å²) >= 11 is 1.89. The molecule has 0 saturated carbocycles. The Hall–Kier alpha value is -2.96. The minimum absolute atomic E-state index is 0.395. The molecular formula is C29H33N5S. The molecule has 0 atom stereocenters. The minimum Gasteiger partial charge on any atom is -0.346 e. The van der Waals surface area contributed by atoms with Gasteiger partial charge in [0.1, 0.15) is 11.2 Å². The fraction of sp³-hybridized carbons (Fsp3) is 0.379. The van der Waals surface area contributed by atoms with Crippen LogP contribution in [0.5, 0.6) is 0 Å². The highest BCUT2D eigenvalue weighted by Crippen LogP contribution is 2.46. The van der Waals surface area contributed by atoms with Gasteiger partial charge in [-0.2, -0.15) is 5.10 Å². The molecule has 0 bridgehead atoms. The summed E-state index contributed by atoms with van der Waals surface area (Å²) in [6, 6.07) is 9.28. The Kier molecular flexibility index (Phi) is 5.53. The highest BCUT2D eigenvalue weighted by molar-refractivity contribution is 7.22. The lowest BCUT2D eigenvalue weighted by Gasteiger charge is -2.23. The predicted octanol–water partition coefficient (Wildman–Crippen LogP) is 7.12. The first-order valence-electron chi connectivity index (χ1n) is 12.7. The zero-order valence-electron chi connectivity index (χ0n) is 21.2. The van der Waals surface area contributed by atoms with E-state index in [0.29, 0.717) is 11.8 Å². The Labute approximate surface area is 210 Å². The highest BCUT2D eigenvalue weighted by atomic mass is 32.1. The van der Waals surface area contributed by atoms with Gasteiger partial charge in [-0.3, -0.25) is 0 Å². The SMILES string of the molecule is Cc1c(-c2[nH]c3sc(-c4cccc(C5CCNCC5)c4)c(C)c3c2C(C)C)cn2ncnc2c1C. The van der Waals surface area contributed by atoms with Crippen LogP contribution in [0.25, 0.3) is 37.6 Å². The maximum atomic E-state index is 4.44. The molecule has 1 aromatic carbocycles. The second-order valence-electron chi connectivity index (χ2n) is 10.3. The van der Waals surface area contributed by atoms with Crippen LogP contribution in [0.15, 0.2) is 36.8 Å². The van der Waals surface area contributed by atoms with Crippen molar-refractivity contribution in [1.29, 1.82) is 0 Å². The largest absolute Gasteiger partial charge is 0.346 e. The lowest BCUT2D eigenvalue weighted by molar-refractivity contribution is 0.460. The molecule has 5 nitrogen and oxygen atoms in total. The molecule has 1 aliphatic heterocycles. The average molecular weight is 484 g/mol. The van der Waals surface area contributed by atoms with E-state index in [-0.39, 0.29) is 0 Å². The van der Waals surface area contributed by atoms with Crippen molar-refractivity contribution in [2.75, 3.05) is 13.1 Å². The highest BCUT2D eigenvalue weighted by Gasteiger charge is 2.24. The molecule has 0 spiro atoms. The molecule has 6 heteroatoms. The van der Waals surface area contributed by atoms with Gasteiger partial charge in [0.15, 0.2) is 5.65 Å². The first-order chi connectivity index (χ1) is 16.9. The number of H-pyrrole nitrogens is 1. The van der Waals surface area contributed by atoms with E-state index in [9.17, 15) is 0 Å². The summed E-state index contributed by atoms with van der Waals surface area (Å²) in [6.45, 7) is 13.5. The molecule has 1 fully saturated rings. The van der Waals surface area contributed by atoms with Crippen LogP contribution in [0.3, 0.4) is 0 Å². The molecule has 0 unspecified atom stereocenters. The first kappa shape index (κ1) is 22.5. The number of piperidine rings is 1. The Morgan fingerprint density at radius 2 is 1.86 bits per heavy atom. The van der Waals surface area contributed by atoms with Crippen molar-refractivity contribution < 1.29 is 0 Å². The normalized spacial score (nSPS) is 15.1. The molecule has 6 rings (SSSR count). The van der Waals surface area contributed by atoms with E-state index < -0.39 is 0 Å². The average Bonchev–Trinajstić information content (AvgIpc) is 3.57. The molecule has 5 heterocycles. The molecule has 1 aliphatic rings. The fourth-order valence-corrected chi connectivity index (χ4v) is 7.06. The molecular weight excluding hydrogens is 450 g/mol. The second kappa shape index (κ2) is 8.61. The second-order valence-corrected chi connectivity index (χ2v) is 11.3. The molecule has 180 valence electrons. The Morgan fingerprint density at radius 1 is 1.06 bits per heavy atom. The number of thiophene rings is 1. The van der Waals surface area contributed by atoms with Crippen LogP contribution in [0.4, 0.5) is 0 Å². The lowest BCUT2D eigenvalue weighted by atomic mass is 9.89. The van der Waals surface area contributed by atoms with Gasteiger partial charge < -0.3 is 10.3 Å². The number of aromatic amines is 1. The van der Waals surface area contributed by atoms with E-state index in [1.165, 1.54) is 72.6 Å². The number of hydrogen-bond acceptors (Lipinski definition) is 4. The van der Waals surface area contributed by atoms with Crippen LogP contribution in [-0.2, 0) is 0 Å². The maximum absolute atomic E-state index is 4.44. The van der Waals surface area contributed by atoms with Crippen molar-refractivity contribution >= 4 is 27.2 Å². The van der Waals surface area contributed by atoms with E-state index in [1.807, 2.05) is 15.9 Å². The van der Waals surface area contributed by atoms with Gasteiger partial charge in [-0.25, -0.2) is 9.50 Å². The summed E-state index contributed by atoms with van der Waals surface area (Å²) in [4.78, 5) is 10.9. The van der Waals surface area contributed by atoms with Crippen LogP contribution in [0.1, 0.15) is 66.3 Å². The number of nitrogens with zero attached hydrogens (tertiary/aromatic N) is 3. The smallest absolute Gasteiger partial charge is 0.158 e. The summed E-state index contributed by atoms with van der Waals surface area (Å²) < 4.78 is 1.90. The van der Waals surface area contributed by atoms with Crippen molar-refractivity contribution in [3.63, 3.8) is 0 Å². The van der Waals surface area contributed by atoms with Crippen LogP contribution >= 0.6 is 11.3 Å². The van der Waals surface area contributed by atoms with Gasteiger partial charge in [-0.15, -0.1) is 11.3 Å². The monoisotopic (exact) mass is 483 g/mol. The third kappa shape index (κ3) is 3.62. The fourth-order valence-electron chi connectivity index (χ4n) is 5.84. The number of pyridine rings is 1. The Morgan fingerprint density at radius 3 is 2.63 bits per heavy atom. The van der Waals surface area contributed by atoms with Crippen molar-refractivity contribution in [3.8, 4) is 21.7 Å². The van der Waals surface area contributed by atoms with Crippen LogP contribution in [0.2, 0.25) is 0 Å². The lowest BCUT2D eigenvalue weighted by Crippen LogP contribution is -2.26. The summed E-state index contributed by atoms with van der Waals surface area (Å²) in [6.07, 6.45) is 6.22. The van der Waals surface area contributed by atoms with E-state index in [2.05, 4.69) is 85.5 Å². The van der Waals surface area contributed by atoms with Crippen molar-refractivity contribution in [3.05, 3.63) is 64.6 Å². The Balaban J connectivity index is 1.50. The minimum atomic E-state index is 0.395. The van der Waals surface area contributed by atoms with Gasteiger partial charge in [-0.1, -0.05) is 38.1 Å².